The van der Waals surface area contributed by atoms with E-state index >= 15 is 0 Å². The molecule has 3 rings (SSSR count). The van der Waals surface area contributed by atoms with Crippen LogP contribution in [0, 0.1) is 0 Å². The van der Waals surface area contributed by atoms with Crippen molar-refractivity contribution >= 4 is 45.2 Å². The first-order valence-electron chi connectivity index (χ1n) is 12.3. The Kier molecular flexibility index (Phi) is 10.6. The zero-order valence-corrected chi connectivity index (χ0v) is 23.8. The first-order chi connectivity index (χ1) is 19.0. The molecule has 40 heavy (non-hydrogen) atoms. The minimum Gasteiger partial charge on any atom is -0.452 e. The van der Waals surface area contributed by atoms with Gasteiger partial charge in [-0.1, -0.05) is 49.4 Å². The normalized spacial score (nSPS) is 12.6. The van der Waals surface area contributed by atoms with Crippen molar-refractivity contribution in [3.8, 4) is 0 Å². The number of methoxy groups -OCH3 is 1. The van der Waals surface area contributed by atoms with Crippen LogP contribution in [0.4, 0.5) is 10.5 Å². The zero-order chi connectivity index (χ0) is 29.3. The molecule has 0 bridgehead atoms. The molecule has 12 nitrogen and oxygen atoms in total. The molecule has 1 aromatic heterocycles. The van der Waals surface area contributed by atoms with Gasteiger partial charge in [0.25, 0.3) is 0 Å². The molecule has 0 radical (unpaired) electrons. The number of nitrogens with one attached hydrogen (secondary N) is 3. The molecule has 0 aliphatic carbocycles. The van der Waals surface area contributed by atoms with Gasteiger partial charge in [0.05, 0.1) is 29.5 Å². The maximum Gasteiger partial charge on any atom is 0.425 e. The van der Waals surface area contributed by atoms with E-state index in [4.69, 9.17) is 4.55 Å². The number of nitrogens with zero attached hydrogens (tertiary/aromatic N) is 2. The summed E-state index contributed by atoms with van der Waals surface area (Å²) in [6, 6.07) is 13.6. The molecular weight excluding hydrogens is 558 g/mol. The monoisotopic (exact) mass is 589 g/mol. The van der Waals surface area contributed by atoms with Crippen LogP contribution in [0.5, 0.6) is 0 Å². The molecule has 0 aliphatic heterocycles. The molecular formula is C26H31N5O7S2. The number of anilines is 1. The summed E-state index contributed by atoms with van der Waals surface area (Å²) in [4.78, 5) is 43.0. The van der Waals surface area contributed by atoms with Gasteiger partial charge in [-0.3, -0.25) is 18.9 Å². The van der Waals surface area contributed by atoms with E-state index in [0.717, 1.165) is 28.3 Å². The lowest BCUT2D eigenvalue weighted by atomic mass is 10.0. The lowest BCUT2D eigenvalue weighted by Crippen LogP contribution is -2.58. The number of hydrogen-bond acceptors (Lipinski definition) is 8. The van der Waals surface area contributed by atoms with Gasteiger partial charge in [0.2, 0.25) is 11.8 Å². The highest BCUT2D eigenvalue weighted by Gasteiger charge is 2.32. The molecule has 1 heterocycles. The van der Waals surface area contributed by atoms with E-state index in [1.165, 1.54) is 30.4 Å². The van der Waals surface area contributed by atoms with Gasteiger partial charge in [0, 0.05) is 18.7 Å². The molecule has 14 heteroatoms. The quantitative estimate of drug-likeness (QED) is 0.196. The number of hydrazine groups is 1. The van der Waals surface area contributed by atoms with Crippen LogP contribution in [-0.4, -0.2) is 54.0 Å². The SMILES string of the molecule is CCc1nc(C(Cc2ccc(NS(=O)(=O)O)cc2)NC(=O)C(Cc2ccccc2)N(NC(=O)OC)C(C)=O)cs1. The maximum atomic E-state index is 13.8. The van der Waals surface area contributed by atoms with Crippen molar-refractivity contribution in [1.29, 1.82) is 0 Å². The van der Waals surface area contributed by atoms with E-state index in [-0.39, 0.29) is 18.5 Å². The number of amides is 3. The molecule has 2 unspecified atom stereocenters. The summed E-state index contributed by atoms with van der Waals surface area (Å²) < 4.78 is 37.9. The van der Waals surface area contributed by atoms with Crippen molar-refractivity contribution in [2.24, 2.45) is 0 Å². The number of hydrogen-bond donors (Lipinski definition) is 4. The molecule has 2 aromatic carbocycles. The van der Waals surface area contributed by atoms with Crippen LogP contribution >= 0.6 is 11.3 Å². The molecule has 0 spiro atoms. The van der Waals surface area contributed by atoms with Crippen LogP contribution < -0.4 is 15.5 Å². The van der Waals surface area contributed by atoms with Gasteiger partial charge in [-0.05, 0) is 36.1 Å². The van der Waals surface area contributed by atoms with E-state index in [0.29, 0.717) is 12.1 Å². The van der Waals surface area contributed by atoms with Crippen molar-refractivity contribution in [3.63, 3.8) is 0 Å². The number of rotatable bonds is 11. The summed E-state index contributed by atoms with van der Waals surface area (Å²) in [5.74, 6) is -1.10. The first kappa shape index (κ1) is 30.5. The summed E-state index contributed by atoms with van der Waals surface area (Å²) >= 11 is 1.45. The van der Waals surface area contributed by atoms with Crippen molar-refractivity contribution in [1.82, 2.24) is 20.7 Å². The van der Waals surface area contributed by atoms with Gasteiger partial charge in [0.15, 0.2) is 0 Å². The minimum atomic E-state index is -4.42. The zero-order valence-electron chi connectivity index (χ0n) is 22.2. The van der Waals surface area contributed by atoms with Crippen molar-refractivity contribution in [2.75, 3.05) is 11.8 Å². The number of aromatic nitrogens is 1. The van der Waals surface area contributed by atoms with Crippen LogP contribution in [0.2, 0.25) is 0 Å². The Balaban J connectivity index is 1.92. The van der Waals surface area contributed by atoms with Crippen LogP contribution in [0.3, 0.4) is 0 Å². The molecule has 3 aromatic rings. The second-order valence-electron chi connectivity index (χ2n) is 8.76. The van der Waals surface area contributed by atoms with E-state index in [9.17, 15) is 22.8 Å². The summed E-state index contributed by atoms with van der Waals surface area (Å²) in [6.45, 7) is 3.20. The van der Waals surface area contributed by atoms with Crippen LogP contribution in [0.15, 0.2) is 60.0 Å². The number of aryl methyl sites for hydroxylation is 1. The number of carbonyl (C=O) groups is 3. The molecule has 214 valence electrons. The third-order valence-corrected chi connectivity index (χ3v) is 7.31. The molecule has 0 saturated carbocycles. The van der Waals surface area contributed by atoms with Gasteiger partial charge in [-0.15, -0.1) is 11.3 Å². The number of benzene rings is 2. The van der Waals surface area contributed by atoms with E-state index in [1.54, 1.807) is 24.3 Å². The summed E-state index contributed by atoms with van der Waals surface area (Å²) in [5.41, 5.74) is 4.63. The van der Waals surface area contributed by atoms with Gasteiger partial charge >= 0.3 is 16.4 Å². The Morgan fingerprint density at radius 1 is 1.05 bits per heavy atom. The second kappa shape index (κ2) is 13.9. The average molecular weight is 590 g/mol. The topological polar surface area (TPSA) is 167 Å². The van der Waals surface area contributed by atoms with Crippen molar-refractivity contribution in [3.05, 3.63) is 81.8 Å². The fourth-order valence-electron chi connectivity index (χ4n) is 3.90. The highest BCUT2D eigenvalue weighted by atomic mass is 32.2. The Morgan fingerprint density at radius 3 is 2.25 bits per heavy atom. The molecule has 4 N–H and O–H groups in total. The Bertz CT molecular complexity index is 1410. The molecule has 3 amide bonds. The predicted octanol–water partition coefficient (Wildman–Crippen LogP) is 3.05. The van der Waals surface area contributed by atoms with Gasteiger partial charge < -0.3 is 10.1 Å². The van der Waals surface area contributed by atoms with E-state index in [1.807, 2.05) is 35.2 Å². The van der Waals surface area contributed by atoms with Crippen molar-refractivity contribution < 1.29 is 32.1 Å². The van der Waals surface area contributed by atoms with Crippen LogP contribution in [0.1, 0.15) is 41.7 Å². The van der Waals surface area contributed by atoms with Gasteiger partial charge in [0.1, 0.15) is 6.04 Å². The number of ether oxygens (including phenoxy) is 1. The van der Waals surface area contributed by atoms with Crippen molar-refractivity contribution in [2.45, 2.75) is 45.2 Å². The smallest absolute Gasteiger partial charge is 0.425 e. The lowest BCUT2D eigenvalue weighted by molar-refractivity contribution is -0.142. The van der Waals surface area contributed by atoms with Crippen LogP contribution in [-0.2, 0) is 43.9 Å². The fourth-order valence-corrected chi connectivity index (χ4v) is 5.13. The lowest BCUT2D eigenvalue weighted by Gasteiger charge is -2.31. The third-order valence-electron chi connectivity index (χ3n) is 5.81. The predicted molar refractivity (Wildman–Crippen MR) is 150 cm³/mol. The summed E-state index contributed by atoms with van der Waals surface area (Å²) in [7, 11) is -3.27. The largest absolute Gasteiger partial charge is 0.452 e. The number of thiazole rings is 1. The number of carbonyl (C=O) groups excluding carboxylic acids is 3. The molecule has 0 saturated heterocycles. The van der Waals surface area contributed by atoms with Gasteiger partial charge in [-0.2, -0.15) is 8.42 Å². The second-order valence-corrected chi connectivity index (χ2v) is 10.9. The highest BCUT2D eigenvalue weighted by Crippen LogP contribution is 2.23. The fraction of sp³-hybridized carbons (Fsp3) is 0.308. The Morgan fingerprint density at radius 2 is 1.70 bits per heavy atom. The summed E-state index contributed by atoms with van der Waals surface area (Å²) in [5, 5.41) is 6.65. The summed E-state index contributed by atoms with van der Waals surface area (Å²) in [6.07, 6.45) is 0.200. The molecule has 0 aliphatic rings. The Labute approximate surface area is 236 Å². The molecule has 0 fully saturated rings. The standard InChI is InChI=1S/C26H31N5O7S2/c1-4-24-27-22(16-39-24)21(14-19-10-12-20(13-11-19)30-40(35,36)37)28-25(33)23(15-18-8-6-5-7-9-18)31(17(2)32)29-26(34)38-3/h5-13,16,21,23,30H,4,14-15H2,1-3H3,(H,28,33)(H,29,34)(H,35,36,37). The maximum absolute atomic E-state index is 13.8. The van der Waals surface area contributed by atoms with E-state index < -0.39 is 40.3 Å². The van der Waals surface area contributed by atoms with E-state index in [2.05, 4.69) is 20.5 Å². The third kappa shape index (κ3) is 9.03. The highest BCUT2D eigenvalue weighted by molar-refractivity contribution is 7.87. The van der Waals surface area contributed by atoms with Gasteiger partial charge in [-0.25, -0.2) is 20.2 Å². The Hall–Kier alpha value is -4.01. The first-order valence-corrected chi connectivity index (χ1v) is 14.6. The van der Waals surface area contributed by atoms with Crippen LogP contribution in [0.25, 0.3) is 0 Å². The molecule has 2 atom stereocenters. The average Bonchev–Trinajstić information content (AvgIpc) is 3.40. The minimum absolute atomic E-state index is 0.107.